The summed E-state index contributed by atoms with van der Waals surface area (Å²) in [5, 5.41) is 11.0. The van der Waals surface area contributed by atoms with Gasteiger partial charge in [0.25, 0.3) is 0 Å². The molecule has 0 heterocycles. The van der Waals surface area contributed by atoms with E-state index in [0.717, 1.165) is 36.0 Å². The van der Waals surface area contributed by atoms with Crippen LogP contribution in [0.1, 0.15) is 78.6 Å². The van der Waals surface area contributed by atoms with Gasteiger partial charge in [-0.05, 0) is 105 Å². The van der Waals surface area contributed by atoms with Crippen LogP contribution in [0.4, 0.5) is 0 Å². The van der Waals surface area contributed by atoms with Crippen molar-refractivity contribution in [2.75, 3.05) is 0 Å². The van der Waals surface area contributed by atoms with Crippen molar-refractivity contribution in [2.24, 2.45) is 46.8 Å². The molecule has 0 aromatic heterocycles. The van der Waals surface area contributed by atoms with Crippen LogP contribution in [-0.4, -0.2) is 10.7 Å². The molecule has 1 heteroatoms. The Hall–Kier alpha value is -0.300. The fourth-order valence-electron chi connectivity index (χ4n) is 8.94. The van der Waals surface area contributed by atoms with Gasteiger partial charge in [-0.15, -0.1) is 0 Å². The Morgan fingerprint density at radius 1 is 1.00 bits per heavy atom. The van der Waals surface area contributed by atoms with Gasteiger partial charge in [0.05, 0.1) is 5.60 Å². The molecule has 0 bridgehead atoms. The Morgan fingerprint density at radius 2 is 1.71 bits per heavy atom. The fraction of sp³-hybridized carbons (Fsp3) is 0.913. The summed E-state index contributed by atoms with van der Waals surface area (Å²) in [5.41, 5.74) is 2.07. The Morgan fingerprint density at radius 3 is 2.46 bits per heavy atom. The van der Waals surface area contributed by atoms with Crippen LogP contribution in [0, 0.1) is 46.8 Å². The van der Waals surface area contributed by atoms with E-state index in [4.69, 9.17) is 0 Å². The number of allylic oxidation sites excluding steroid dienone is 2. The van der Waals surface area contributed by atoms with Crippen LogP contribution in [0.5, 0.6) is 0 Å². The lowest BCUT2D eigenvalue weighted by Gasteiger charge is -2.55. The second-order valence-electron chi connectivity index (χ2n) is 10.2. The Kier molecular flexibility index (Phi) is 3.39. The monoisotopic (exact) mass is 328 g/mol. The molecule has 0 aromatic carbocycles. The van der Waals surface area contributed by atoms with Crippen molar-refractivity contribution < 1.29 is 5.11 Å². The van der Waals surface area contributed by atoms with Gasteiger partial charge < -0.3 is 5.11 Å². The topological polar surface area (TPSA) is 20.2 Å². The second kappa shape index (κ2) is 5.12. The molecule has 1 N–H and O–H groups in total. The lowest BCUT2D eigenvalue weighted by Crippen LogP contribution is -2.48. The van der Waals surface area contributed by atoms with Crippen molar-refractivity contribution in [3.63, 3.8) is 0 Å². The lowest BCUT2D eigenvalue weighted by molar-refractivity contribution is -0.0641. The van der Waals surface area contributed by atoms with Crippen LogP contribution in [0.25, 0.3) is 0 Å². The number of hydrogen-bond acceptors (Lipinski definition) is 1. The SMILES string of the molecule is C/C=C1/CC[C@H]2[C@@H]3CC[C@@H]4C5C(CC)[C@@]5(O)CC[C@@H]4[C@H]3CC[C@]12C. The van der Waals surface area contributed by atoms with Gasteiger partial charge >= 0.3 is 0 Å². The molecule has 0 radical (unpaired) electrons. The van der Waals surface area contributed by atoms with Crippen LogP contribution < -0.4 is 0 Å². The van der Waals surface area contributed by atoms with Gasteiger partial charge in [0, 0.05) is 0 Å². The molecule has 5 aliphatic rings. The molecule has 0 spiro atoms. The summed E-state index contributed by atoms with van der Waals surface area (Å²) in [6.45, 7) is 7.16. The van der Waals surface area contributed by atoms with E-state index in [0.29, 0.717) is 17.3 Å². The van der Waals surface area contributed by atoms with Gasteiger partial charge in [0.2, 0.25) is 0 Å². The first-order valence-electron chi connectivity index (χ1n) is 10.9. The molecular formula is C23H36O. The first kappa shape index (κ1) is 15.9. The van der Waals surface area contributed by atoms with Crippen LogP contribution in [0.3, 0.4) is 0 Å². The van der Waals surface area contributed by atoms with Gasteiger partial charge in [-0.1, -0.05) is 31.9 Å². The van der Waals surface area contributed by atoms with E-state index >= 15 is 0 Å². The van der Waals surface area contributed by atoms with E-state index in [1.807, 2.05) is 0 Å². The van der Waals surface area contributed by atoms with E-state index in [-0.39, 0.29) is 5.60 Å². The number of aliphatic hydroxyl groups is 1. The highest BCUT2D eigenvalue weighted by atomic mass is 16.3. The molecule has 5 aliphatic carbocycles. The quantitative estimate of drug-likeness (QED) is 0.623. The molecule has 0 amide bonds. The number of rotatable bonds is 1. The zero-order valence-electron chi connectivity index (χ0n) is 15.9. The summed E-state index contributed by atoms with van der Waals surface area (Å²) in [4.78, 5) is 0. The van der Waals surface area contributed by atoms with Crippen molar-refractivity contribution in [3.05, 3.63) is 11.6 Å². The molecule has 134 valence electrons. The molecule has 2 unspecified atom stereocenters. The van der Waals surface area contributed by atoms with E-state index < -0.39 is 0 Å². The average Bonchev–Trinajstić information content (AvgIpc) is 3.06. The minimum Gasteiger partial charge on any atom is -0.389 e. The molecule has 9 atom stereocenters. The average molecular weight is 329 g/mol. The third-order valence-electron chi connectivity index (χ3n) is 9.95. The number of fused-ring (bicyclic) bond motifs is 7. The summed E-state index contributed by atoms with van der Waals surface area (Å²) in [6, 6.07) is 0. The largest absolute Gasteiger partial charge is 0.389 e. The standard InChI is InChI=1S/C23H36O/c1-4-14-6-9-20-17-7-8-18-16(15(17)10-12-22(14,20)3)11-13-23(24)19(5-2)21(18)23/h4,15-21,24H,5-13H2,1-3H3/b14-4-/t15-,16-,17-,18+,19?,20+,21?,22-,23+/m1/s1. The van der Waals surface area contributed by atoms with Crippen molar-refractivity contribution in [2.45, 2.75) is 84.2 Å². The van der Waals surface area contributed by atoms with Gasteiger partial charge in [0.1, 0.15) is 0 Å². The highest BCUT2D eigenvalue weighted by Gasteiger charge is 2.70. The molecular weight excluding hydrogens is 292 g/mol. The van der Waals surface area contributed by atoms with Gasteiger partial charge in [-0.2, -0.15) is 0 Å². The van der Waals surface area contributed by atoms with E-state index in [2.05, 4.69) is 26.8 Å². The fourth-order valence-corrected chi connectivity index (χ4v) is 8.94. The molecule has 24 heavy (non-hydrogen) atoms. The van der Waals surface area contributed by atoms with Gasteiger partial charge in [-0.3, -0.25) is 0 Å². The molecule has 0 aromatic rings. The van der Waals surface area contributed by atoms with Crippen molar-refractivity contribution in [3.8, 4) is 0 Å². The van der Waals surface area contributed by atoms with Gasteiger partial charge in [0.15, 0.2) is 0 Å². The van der Waals surface area contributed by atoms with Crippen LogP contribution in [0.2, 0.25) is 0 Å². The third kappa shape index (κ3) is 1.81. The normalized spacial score (nSPS) is 60.2. The minimum atomic E-state index is -0.239. The minimum absolute atomic E-state index is 0.239. The molecule has 5 fully saturated rings. The zero-order valence-corrected chi connectivity index (χ0v) is 15.9. The Labute approximate surface area is 148 Å². The van der Waals surface area contributed by atoms with E-state index in [1.165, 1.54) is 51.4 Å². The molecule has 5 rings (SSSR count). The predicted molar refractivity (Wildman–Crippen MR) is 98.5 cm³/mol. The van der Waals surface area contributed by atoms with Crippen LogP contribution >= 0.6 is 0 Å². The van der Waals surface area contributed by atoms with Crippen LogP contribution in [-0.2, 0) is 0 Å². The van der Waals surface area contributed by atoms with Gasteiger partial charge in [-0.25, -0.2) is 0 Å². The lowest BCUT2D eigenvalue weighted by atomic mass is 9.50. The third-order valence-corrected chi connectivity index (χ3v) is 9.95. The molecule has 0 aliphatic heterocycles. The molecule has 5 saturated carbocycles. The molecule has 0 saturated heterocycles. The maximum Gasteiger partial charge on any atom is 0.0714 e. The molecule has 1 nitrogen and oxygen atoms in total. The second-order valence-corrected chi connectivity index (χ2v) is 10.2. The predicted octanol–water partition coefficient (Wildman–Crippen LogP) is 5.58. The summed E-state index contributed by atoms with van der Waals surface area (Å²) in [5.74, 6) is 6.06. The Bertz CT molecular complexity index is 564. The Balaban J connectivity index is 1.41. The summed E-state index contributed by atoms with van der Waals surface area (Å²) in [6.07, 6.45) is 14.7. The smallest absolute Gasteiger partial charge is 0.0714 e. The first-order valence-corrected chi connectivity index (χ1v) is 10.9. The summed E-state index contributed by atoms with van der Waals surface area (Å²) < 4.78 is 0. The van der Waals surface area contributed by atoms with Crippen molar-refractivity contribution >= 4 is 0 Å². The highest BCUT2D eigenvalue weighted by Crippen LogP contribution is 2.71. The summed E-state index contributed by atoms with van der Waals surface area (Å²) >= 11 is 0. The van der Waals surface area contributed by atoms with Crippen LogP contribution in [0.15, 0.2) is 11.6 Å². The van der Waals surface area contributed by atoms with Crippen molar-refractivity contribution in [1.29, 1.82) is 0 Å². The summed E-state index contributed by atoms with van der Waals surface area (Å²) in [7, 11) is 0. The zero-order chi connectivity index (χ0) is 16.7. The van der Waals surface area contributed by atoms with E-state index in [9.17, 15) is 5.11 Å². The number of hydrogen-bond donors (Lipinski definition) is 1. The highest BCUT2D eigenvalue weighted by molar-refractivity contribution is 5.24. The van der Waals surface area contributed by atoms with Crippen molar-refractivity contribution in [1.82, 2.24) is 0 Å². The maximum atomic E-state index is 11.0. The first-order chi connectivity index (χ1) is 11.5. The maximum absolute atomic E-state index is 11.0. The van der Waals surface area contributed by atoms with E-state index in [1.54, 1.807) is 5.57 Å².